The van der Waals surface area contributed by atoms with Crippen LogP contribution in [0.2, 0.25) is 0 Å². The van der Waals surface area contributed by atoms with Crippen LogP contribution >= 0.6 is 24.0 Å². The Hall–Kier alpha value is -0.640. The highest BCUT2D eigenvalue weighted by molar-refractivity contribution is 14.0. The minimum absolute atomic E-state index is 0. The van der Waals surface area contributed by atoms with E-state index in [0.29, 0.717) is 17.8 Å². The first-order chi connectivity index (χ1) is 10.6. The first-order valence-corrected chi connectivity index (χ1v) is 9.32. The van der Waals surface area contributed by atoms with Crippen molar-refractivity contribution in [3.63, 3.8) is 0 Å². The van der Waals surface area contributed by atoms with E-state index in [-0.39, 0.29) is 24.0 Å². The van der Waals surface area contributed by atoms with Gasteiger partial charge in [-0.25, -0.2) is 0 Å². The topological polar surface area (TPSA) is 71.3 Å². The van der Waals surface area contributed by atoms with Crippen molar-refractivity contribution in [2.24, 2.45) is 12.0 Å². The van der Waals surface area contributed by atoms with Gasteiger partial charge in [0.1, 0.15) is 0 Å². The summed E-state index contributed by atoms with van der Waals surface area (Å²) in [6.45, 7) is 2.70. The van der Waals surface area contributed by atoms with E-state index in [1.54, 1.807) is 11.7 Å². The maximum absolute atomic E-state index is 12.0. The zero-order valence-corrected chi connectivity index (χ0v) is 17.3. The Bertz CT molecular complexity index is 534. The first-order valence-electron chi connectivity index (χ1n) is 7.94. The molecule has 1 heterocycles. The average molecular weight is 453 g/mol. The predicted molar refractivity (Wildman–Crippen MR) is 107 cm³/mol. The van der Waals surface area contributed by atoms with Gasteiger partial charge in [0.2, 0.25) is 0 Å². The van der Waals surface area contributed by atoms with Crippen LogP contribution in [0.1, 0.15) is 38.2 Å². The molecule has 2 rings (SSSR count). The van der Waals surface area contributed by atoms with Gasteiger partial charge < -0.3 is 10.6 Å². The molecule has 8 heteroatoms. The molecule has 0 bridgehead atoms. The number of hydrogen-bond acceptors (Lipinski definition) is 3. The zero-order valence-electron chi connectivity index (χ0n) is 14.1. The van der Waals surface area contributed by atoms with Gasteiger partial charge in [-0.3, -0.25) is 13.9 Å². The summed E-state index contributed by atoms with van der Waals surface area (Å²) in [4.78, 5) is 4.29. The molecule has 6 nitrogen and oxygen atoms in total. The number of rotatable bonds is 5. The quantitative estimate of drug-likeness (QED) is 0.405. The van der Waals surface area contributed by atoms with Gasteiger partial charge in [-0.1, -0.05) is 13.3 Å². The summed E-state index contributed by atoms with van der Waals surface area (Å²) >= 11 is 0. The molecule has 0 amide bonds. The molecule has 0 aliphatic heterocycles. The largest absolute Gasteiger partial charge is 0.354 e. The number of aryl methyl sites for hydroxylation is 1. The molecule has 0 radical (unpaired) electrons. The Morgan fingerprint density at radius 1 is 1.52 bits per heavy atom. The number of aromatic nitrogens is 2. The standard InChI is InChI=1S/C15H27N5OS.HI/c1-4-22(21)14-7-5-6-13(8-14)19-15(16-2)17-9-12-10-18-20(3)11-12;/h10-11,13-14H,4-9H2,1-3H3,(H2,16,17,19);1H. The van der Waals surface area contributed by atoms with Gasteiger partial charge in [-0.15, -0.1) is 24.0 Å². The lowest BCUT2D eigenvalue weighted by atomic mass is 9.95. The second kappa shape index (κ2) is 10.3. The van der Waals surface area contributed by atoms with Crippen molar-refractivity contribution in [1.29, 1.82) is 0 Å². The summed E-state index contributed by atoms with van der Waals surface area (Å²) in [7, 11) is 3.00. The molecule has 0 aromatic carbocycles. The van der Waals surface area contributed by atoms with Gasteiger partial charge in [0.15, 0.2) is 5.96 Å². The third-order valence-electron chi connectivity index (χ3n) is 4.07. The summed E-state index contributed by atoms with van der Waals surface area (Å²) in [5, 5.41) is 11.3. The van der Waals surface area contributed by atoms with Crippen LogP contribution in [0.25, 0.3) is 0 Å². The summed E-state index contributed by atoms with van der Waals surface area (Å²) < 4.78 is 13.8. The van der Waals surface area contributed by atoms with Gasteiger partial charge in [-0.05, 0) is 19.3 Å². The fraction of sp³-hybridized carbons (Fsp3) is 0.733. The zero-order chi connectivity index (χ0) is 15.9. The van der Waals surface area contributed by atoms with E-state index in [1.807, 2.05) is 26.4 Å². The van der Waals surface area contributed by atoms with E-state index in [9.17, 15) is 4.21 Å². The third-order valence-corrected chi connectivity index (χ3v) is 5.81. The van der Waals surface area contributed by atoms with Crippen LogP contribution in [0, 0.1) is 0 Å². The van der Waals surface area contributed by atoms with Crippen LogP contribution in [0.5, 0.6) is 0 Å². The summed E-state index contributed by atoms with van der Waals surface area (Å²) in [6, 6.07) is 0.356. The van der Waals surface area contributed by atoms with E-state index in [0.717, 1.165) is 43.0 Å². The number of nitrogens with zero attached hydrogens (tertiary/aromatic N) is 3. The second-order valence-electron chi connectivity index (χ2n) is 5.75. The van der Waals surface area contributed by atoms with Gasteiger partial charge in [0.05, 0.1) is 6.20 Å². The van der Waals surface area contributed by atoms with Crippen molar-refractivity contribution < 1.29 is 4.21 Å². The number of aliphatic imine (C=N–C) groups is 1. The highest BCUT2D eigenvalue weighted by atomic mass is 127. The predicted octanol–water partition coefficient (Wildman–Crippen LogP) is 1.78. The summed E-state index contributed by atoms with van der Waals surface area (Å²) in [5.41, 5.74) is 1.12. The molecule has 1 aromatic rings. The third kappa shape index (κ3) is 6.40. The maximum Gasteiger partial charge on any atom is 0.191 e. The maximum atomic E-state index is 12.0. The molecular weight excluding hydrogens is 425 g/mol. The van der Waals surface area contributed by atoms with Gasteiger partial charge in [0, 0.05) is 60.2 Å². The Balaban J connectivity index is 0.00000264. The van der Waals surface area contributed by atoms with Crippen molar-refractivity contribution in [2.75, 3.05) is 12.8 Å². The lowest BCUT2D eigenvalue weighted by Crippen LogP contribution is -2.46. The lowest BCUT2D eigenvalue weighted by Gasteiger charge is -2.30. The van der Waals surface area contributed by atoms with Crippen molar-refractivity contribution in [3.8, 4) is 0 Å². The Morgan fingerprint density at radius 2 is 2.30 bits per heavy atom. The normalized spacial score (nSPS) is 23.0. The summed E-state index contributed by atoms with van der Waals surface area (Å²) in [5.74, 6) is 1.56. The van der Waals surface area contributed by atoms with Gasteiger partial charge in [0.25, 0.3) is 0 Å². The Kier molecular flexibility index (Phi) is 9.11. The smallest absolute Gasteiger partial charge is 0.191 e. The molecule has 0 spiro atoms. The van der Waals surface area contributed by atoms with Crippen LogP contribution in [0.4, 0.5) is 0 Å². The van der Waals surface area contributed by atoms with E-state index >= 15 is 0 Å². The Morgan fingerprint density at radius 3 is 2.91 bits per heavy atom. The second-order valence-corrected chi connectivity index (χ2v) is 7.75. The van der Waals surface area contributed by atoms with Crippen molar-refractivity contribution in [1.82, 2.24) is 20.4 Å². The van der Waals surface area contributed by atoms with Crippen LogP contribution in [-0.4, -0.2) is 44.0 Å². The number of guanidine groups is 1. The van der Waals surface area contributed by atoms with Gasteiger partial charge >= 0.3 is 0 Å². The number of nitrogens with one attached hydrogen (secondary N) is 2. The van der Waals surface area contributed by atoms with E-state index in [2.05, 4.69) is 20.7 Å². The number of halogens is 1. The van der Waals surface area contributed by atoms with E-state index in [1.165, 1.54) is 0 Å². The van der Waals surface area contributed by atoms with Crippen molar-refractivity contribution in [3.05, 3.63) is 18.0 Å². The van der Waals surface area contributed by atoms with Crippen LogP contribution < -0.4 is 10.6 Å². The fourth-order valence-corrected chi connectivity index (χ4v) is 4.24. The number of hydrogen-bond donors (Lipinski definition) is 2. The first kappa shape index (κ1) is 20.4. The average Bonchev–Trinajstić information content (AvgIpc) is 2.96. The molecule has 0 saturated heterocycles. The molecule has 1 aromatic heterocycles. The van der Waals surface area contributed by atoms with Crippen LogP contribution in [-0.2, 0) is 24.4 Å². The Labute approximate surface area is 158 Å². The van der Waals surface area contributed by atoms with E-state index in [4.69, 9.17) is 0 Å². The molecule has 3 unspecified atom stereocenters. The highest BCUT2D eigenvalue weighted by Crippen LogP contribution is 2.22. The van der Waals surface area contributed by atoms with Crippen LogP contribution in [0.15, 0.2) is 17.4 Å². The minimum Gasteiger partial charge on any atom is -0.354 e. The molecule has 23 heavy (non-hydrogen) atoms. The van der Waals surface area contributed by atoms with Crippen molar-refractivity contribution >= 4 is 40.7 Å². The molecule has 2 N–H and O–H groups in total. The minimum atomic E-state index is -0.693. The summed E-state index contributed by atoms with van der Waals surface area (Å²) in [6.07, 6.45) is 8.13. The van der Waals surface area contributed by atoms with Crippen LogP contribution in [0.3, 0.4) is 0 Å². The molecule has 1 fully saturated rings. The molecule has 1 aliphatic rings. The fourth-order valence-electron chi connectivity index (χ4n) is 2.89. The molecular formula is C15H28IN5OS. The molecule has 1 saturated carbocycles. The van der Waals surface area contributed by atoms with Crippen molar-refractivity contribution in [2.45, 2.75) is 50.4 Å². The van der Waals surface area contributed by atoms with Gasteiger partial charge in [-0.2, -0.15) is 5.10 Å². The SMILES string of the molecule is CCS(=O)C1CCCC(NC(=NC)NCc2cnn(C)c2)C1.I. The monoisotopic (exact) mass is 453 g/mol. The van der Waals surface area contributed by atoms with E-state index < -0.39 is 10.8 Å². The lowest BCUT2D eigenvalue weighted by molar-refractivity contribution is 0.413. The molecule has 1 aliphatic carbocycles. The molecule has 132 valence electrons. The molecule has 3 atom stereocenters. The highest BCUT2D eigenvalue weighted by Gasteiger charge is 2.25.